The highest BCUT2D eigenvalue weighted by molar-refractivity contribution is 5.82. The highest BCUT2D eigenvalue weighted by atomic mass is 16.4. The van der Waals surface area contributed by atoms with Crippen molar-refractivity contribution < 1.29 is 4.42 Å². The van der Waals surface area contributed by atoms with Crippen molar-refractivity contribution in [2.45, 2.75) is 0 Å². The van der Waals surface area contributed by atoms with Crippen LogP contribution in [0.3, 0.4) is 0 Å². The third kappa shape index (κ3) is 5.08. The monoisotopic (exact) mass is 419 g/mol. The summed E-state index contributed by atoms with van der Waals surface area (Å²) in [5.74, 6) is 1.23. The van der Waals surface area contributed by atoms with E-state index >= 15 is 0 Å². The van der Waals surface area contributed by atoms with Gasteiger partial charge in [-0.25, -0.2) is 4.99 Å². The number of nitrogen functional groups attached to an aromatic ring is 4. The van der Waals surface area contributed by atoms with Crippen LogP contribution in [0.25, 0.3) is 0 Å². The Labute approximate surface area is 174 Å². The van der Waals surface area contributed by atoms with E-state index in [1.165, 1.54) is 0 Å². The summed E-state index contributed by atoms with van der Waals surface area (Å²) in [5, 5.41) is 5.83. The number of benzene rings is 1. The number of anilines is 8. The molecule has 0 saturated heterocycles. The highest BCUT2D eigenvalue weighted by Crippen LogP contribution is 2.23. The van der Waals surface area contributed by atoms with Crippen molar-refractivity contribution in [2.75, 3.05) is 33.6 Å². The number of rotatable bonds is 6. The molecule has 3 heterocycles. The first-order chi connectivity index (χ1) is 14.9. The Kier molecular flexibility index (Phi) is 5.08. The van der Waals surface area contributed by atoms with Gasteiger partial charge in [0.05, 0.1) is 0 Å². The van der Waals surface area contributed by atoms with Gasteiger partial charge >= 0.3 is 0 Å². The summed E-state index contributed by atoms with van der Waals surface area (Å²) >= 11 is 0. The van der Waals surface area contributed by atoms with Gasteiger partial charge in [0.2, 0.25) is 47.5 Å². The lowest BCUT2D eigenvalue weighted by Gasteiger charge is -2.05. The zero-order chi connectivity index (χ0) is 21.8. The van der Waals surface area contributed by atoms with Gasteiger partial charge in [0.1, 0.15) is 0 Å². The Morgan fingerprint density at radius 1 is 0.677 bits per heavy atom. The van der Waals surface area contributed by atoms with Crippen LogP contribution in [0.1, 0.15) is 5.56 Å². The van der Waals surface area contributed by atoms with Crippen molar-refractivity contribution >= 4 is 59.4 Å². The van der Waals surface area contributed by atoms with Gasteiger partial charge in [-0.05, 0) is 17.7 Å². The number of furan rings is 1. The number of hydrogen-bond acceptors (Lipinski definition) is 14. The standard InChI is InChI=1S/C17H17N13O/c18-12-25-13(19)28-16(27-12)23-9-3-1-8(2-4-9)7-22-10-5-6-11(31-10)24-17-29-14(20)26-15(21)30-17/h1-7H,(H5,18,19,23,25,27,28)(H5,20,21,24,26,29,30)/b22-7+. The quantitative estimate of drug-likeness (QED) is 0.241. The molecule has 3 aromatic heterocycles. The summed E-state index contributed by atoms with van der Waals surface area (Å²) in [7, 11) is 0. The maximum Gasteiger partial charge on any atom is 0.236 e. The van der Waals surface area contributed by atoms with Gasteiger partial charge in [-0.3, -0.25) is 5.32 Å². The molecule has 0 aliphatic heterocycles. The summed E-state index contributed by atoms with van der Waals surface area (Å²) in [4.78, 5) is 27.5. The normalized spacial score (nSPS) is 11.0. The average Bonchev–Trinajstić information content (AvgIpc) is 3.13. The zero-order valence-corrected chi connectivity index (χ0v) is 15.9. The van der Waals surface area contributed by atoms with Crippen LogP contribution in [0.5, 0.6) is 0 Å². The van der Waals surface area contributed by atoms with Crippen LogP contribution in [0, 0.1) is 0 Å². The second-order valence-electron chi connectivity index (χ2n) is 6.02. The molecule has 0 bridgehead atoms. The zero-order valence-electron chi connectivity index (χ0n) is 15.9. The lowest BCUT2D eigenvalue weighted by atomic mass is 10.2. The number of aromatic nitrogens is 6. The molecule has 14 heteroatoms. The predicted octanol–water partition coefficient (Wildman–Crippen LogP) is 1.22. The van der Waals surface area contributed by atoms with Crippen molar-refractivity contribution in [3.05, 3.63) is 42.0 Å². The molecule has 31 heavy (non-hydrogen) atoms. The molecule has 14 nitrogen and oxygen atoms in total. The molecule has 0 amide bonds. The maximum absolute atomic E-state index is 5.56. The Balaban J connectivity index is 1.39. The number of hydrogen-bond donors (Lipinski definition) is 6. The first kappa shape index (κ1) is 19.3. The van der Waals surface area contributed by atoms with Crippen molar-refractivity contribution in [2.24, 2.45) is 4.99 Å². The van der Waals surface area contributed by atoms with Crippen LogP contribution in [-0.2, 0) is 0 Å². The van der Waals surface area contributed by atoms with Crippen LogP contribution in [0.2, 0.25) is 0 Å². The average molecular weight is 419 g/mol. The lowest BCUT2D eigenvalue weighted by Crippen LogP contribution is -2.06. The molecule has 10 N–H and O–H groups in total. The molecule has 1 aromatic carbocycles. The third-order valence-electron chi connectivity index (χ3n) is 3.67. The lowest BCUT2D eigenvalue weighted by molar-refractivity contribution is 0.595. The van der Waals surface area contributed by atoms with E-state index < -0.39 is 0 Å². The van der Waals surface area contributed by atoms with E-state index in [1.54, 1.807) is 18.3 Å². The maximum atomic E-state index is 5.56. The molecule has 0 saturated carbocycles. The van der Waals surface area contributed by atoms with Crippen molar-refractivity contribution in [1.82, 2.24) is 29.9 Å². The van der Waals surface area contributed by atoms with Crippen LogP contribution in [0.15, 0.2) is 45.8 Å². The largest absolute Gasteiger partial charge is 0.423 e. The summed E-state index contributed by atoms with van der Waals surface area (Å²) in [6.45, 7) is 0. The van der Waals surface area contributed by atoms with E-state index in [0.717, 1.165) is 11.3 Å². The molecule has 4 aromatic rings. The molecular formula is C17H17N13O. The van der Waals surface area contributed by atoms with Gasteiger partial charge in [0, 0.05) is 24.0 Å². The molecule has 156 valence electrons. The van der Waals surface area contributed by atoms with Crippen molar-refractivity contribution in [1.29, 1.82) is 0 Å². The van der Waals surface area contributed by atoms with E-state index in [2.05, 4.69) is 45.5 Å². The van der Waals surface area contributed by atoms with E-state index in [9.17, 15) is 0 Å². The fourth-order valence-electron chi connectivity index (χ4n) is 2.42. The molecule has 0 fully saturated rings. The first-order valence-corrected chi connectivity index (χ1v) is 8.75. The summed E-state index contributed by atoms with van der Waals surface area (Å²) in [6, 6.07) is 10.7. The molecule has 0 atom stereocenters. The minimum atomic E-state index is 0.000154. The van der Waals surface area contributed by atoms with E-state index in [0.29, 0.717) is 11.8 Å². The summed E-state index contributed by atoms with van der Waals surface area (Å²) < 4.78 is 5.56. The van der Waals surface area contributed by atoms with Crippen LogP contribution < -0.4 is 33.6 Å². The van der Waals surface area contributed by atoms with Crippen molar-refractivity contribution in [3.8, 4) is 0 Å². The first-order valence-electron chi connectivity index (χ1n) is 8.75. The molecular weight excluding hydrogens is 402 g/mol. The minimum absolute atomic E-state index is 0.000154. The molecule has 4 rings (SSSR count). The highest BCUT2D eigenvalue weighted by Gasteiger charge is 2.06. The van der Waals surface area contributed by atoms with Crippen molar-refractivity contribution in [3.63, 3.8) is 0 Å². The fourth-order valence-corrected chi connectivity index (χ4v) is 2.42. The van der Waals surface area contributed by atoms with Crippen LogP contribution in [-0.4, -0.2) is 36.1 Å². The Morgan fingerprint density at radius 3 is 1.81 bits per heavy atom. The summed E-state index contributed by atoms with van der Waals surface area (Å²) in [6.07, 6.45) is 1.64. The number of aliphatic imine (C=N–C) groups is 1. The second kappa shape index (κ2) is 8.16. The third-order valence-corrected chi connectivity index (χ3v) is 3.67. The number of nitrogens with one attached hydrogen (secondary N) is 2. The molecule has 0 aliphatic rings. The van der Waals surface area contributed by atoms with E-state index in [-0.39, 0.29) is 35.7 Å². The summed E-state index contributed by atoms with van der Waals surface area (Å²) in [5.41, 5.74) is 23.8. The molecule has 0 aliphatic carbocycles. The van der Waals surface area contributed by atoms with Crippen LogP contribution >= 0.6 is 0 Å². The second-order valence-corrected chi connectivity index (χ2v) is 6.02. The number of nitrogens with two attached hydrogens (primary N) is 4. The van der Waals surface area contributed by atoms with Gasteiger partial charge < -0.3 is 32.7 Å². The fraction of sp³-hybridized carbons (Fsp3) is 0. The Bertz CT molecular complexity index is 1190. The van der Waals surface area contributed by atoms with Gasteiger partial charge in [-0.15, -0.1) is 0 Å². The predicted molar refractivity (Wildman–Crippen MR) is 116 cm³/mol. The number of nitrogens with zero attached hydrogens (tertiary/aromatic N) is 7. The van der Waals surface area contributed by atoms with Crippen LogP contribution in [0.4, 0.5) is 53.1 Å². The topological polar surface area (TPSA) is 231 Å². The van der Waals surface area contributed by atoms with Gasteiger partial charge in [0.25, 0.3) is 0 Å². The molecule has 0 radical (unpaired) electrons. The Hall–Kier alpha value is -5.01. The molecule has 0 unspecified atom stereocenters. The van der Waals surface area contributed by atoms with E-state index in [1.807, 2.05) is 24.3 Å². The molecule has 0 spiro atoms. The van der Waals surface area contributed by atoms with Gasteiger partial charge in [-0.1, -0.05) is 12.1 Å². The SMILES string of the molecule is Nc1nc(N)nc(Nc2ccc(/C=N/c3ccc(Nc4nc(N)nc(N)n4)o3)cc2)n1. The van der Waals surface area contributed by atoms with Gasteiger partial charge in [-0.2, -0.15) is 29.9 Å². The minimum Gasteiger partial charge on any atom is -0.423 e. The Morgan fingerprint density at radius 2 is 1.23 bits per heavy atom. The smallest absolute Gasteiger partial charge is 0.236 e. The van der Waals surface area contributed by atoms with E-state index in [4.69, 9.17) is 27.4 Å². The van der Waals surface area contributed by atoms with Gasteiger partial charge in [0.15, 0.2) is 0 Å².